The fraction of sp³-hybridized carbons (Fsp3) is 0.308. The van der Waals surface area contributed by atoms with Crippen molar-refractivity contribution in [3.05, 3.63) is 81.2 Å². The number of allylic oxidation sites excluding steroid dienone is 1. The Morgan fingerprint density at radius 3 is 2.60 bits per heavy atom. The van der Waals surface area contributed by atoms with Gasteiger partial charge in [0.1, 0.15) is 0 Å². The topological polar surface area (TPSA) is 88.9 Å². The maximum Gasteiger partial charge on any atom is 0.252 e. The maximum atomic E-state index is 12.8. The summed E-state index contributed by atoms with van der Waals surface area (Å²) in [5.41, 5.74) is 3.45. The van der Waals surface area contributed by atoms with E-state index in [4.69, 9.17) is 0 Å². The van der Waals surface area contributed by atoms with Gasteiger partial charge in [-0.1, -0.05) is 49.9 Å². The van der Waals surface area contributed by atoms with Crippen molar-refractivity contribution in [1.82, 2.24) is 20.1 Å². The summed E-state index contributed by atoms with van der Waals surface area (Å²) in [6.07, 6.45) is 1.74. The van der Waals surface area contributed by atoms with Gasteiger partial charge in [0.15, 0.2) is 11.0 Å². The Kier molecular flexibility index (Phi) is 9.50. The molecule has 0 fully saturated rings. The summed E-state index contributed by atoms with van der Waals surface area (Å²) >= 11 is 3.58. The minimum atomic E-state index is -0.377. The second-order valence-electron chi connectivity index (χ2n) is 8.47. The number of nitrogens with zero attached hydrogens (tertiary/aromatic N) is 3. The van der Waals surface area contributed by atoms with Crippen molar-refractivity contribution < 1.29 is 9.59 Å². The molecule has 2 aromatic carbocycles. The van der Waals surface area contributed by atoms with Gasteiger partial charge in [-0.25, -0.2) is 0 Å². The van der Waals surface area contributed by atoms with E-state index >= 15 is 0 Å². The standard InChI is InChI=1S/C26H30IN5O2S/c1-6-13-32-24(18(5)28-25(34)20-10-8-7-9-17(20)4)30-31-26(32)35-15-23(33)29-22-12-11-19(27)14-21(22)16(2)3/h6-12,14,16,18H,1,13,15H2,2-5H3,(H,28,34)(H,29,33)/t18-/m1/s1. The summed E-state index contributed by atoms with van der Waals surface area (Å²) in [6, 6.07) is 13.1. The van der Waals surface area contributed by atoms with Crippen LogP contribution in [0.2, 0.25) is 0 Å². The highest BCUT2D eigenvalue weighted by Crippen LogP contribution is 2.27. The van der Waals surface area contributed by atoms with E-state index in [1.54, 1.807) is 12.1 Å². The van der Waals surface area contributed by atoms with E-state index < -0.39 is 0 Å². The number of carbonyl (C=O) groups is 2. The molecule has 1 heterocycles. The fourth-order valence-corrected chi connectivity index (χ4v) is 4.91. The molecule has 0 aliphatic rings. The third kappa shape index (κ3) is 6.94. The SMILES string of the molecule is C=CCn1c(SCC(=O)Nc2ccc(I)cc2C(C)C)nnc1[C@@H](C)NC(=O)c1ccccc1C. The quantitative estimate of drug-likeness (QED) is 0.176. The lowest BCUT2D eigenvalue weighted by Gasteiger charge is -2.16. The Labute approximate surface area is 224 Å². The summed E-state index contributed by atoms with van der Waals surface area (Å²) in [5, 5.41) is 15.2. The number of halogens is 1. The lowest BCUT2D eigenvalue weighted by molar-refractivity contribution is -0.113. The van der Waals surface area contributed by atoms with Gasteiger partial charge >= 0.3 is 0 Å². The molecule has 0 radical (unpaired) electrons. The number of amides is 2. The number of anilines is 1. The van der Waals surface area contributed by atoms with Crippen molar-refractivity contribution in [3.63, 3.8) is 0 Å². The van der Waals surface area contributed by atoms with Gasteiger partial charge in [0.05, 0.1) is 11.8 Å². The lowest BCUT2D eigenvalue weighted by atomic mass is 10.0. The van der Waals surface area contributed by atoms with E-state index in [1.165, 1.54) is 11.8 Å². The third-order valence-electron chi connectivity index (χ3n) is 5.42. The van der Waals surface area contributed by atoms with Crippen molar-refractivity contribution in [1.29, 1.82) is 0 Å². The summed E-state index contributed by atoms with van der Waals surface area (Å²) in [7, 11) is 0. The van der Waals surface area contributed by atoms with Crippen molar-refractivity contribution in [2.45, 2.75) is 51.4 Å². The molecule has 3 rings (SSSR count). The zero-order chi connectivity index (χ0) is 25.5. The van der Waals surface area contributed by atoms with Crippen LogP contribution in [0.4, 0.5) is 5.69 Å². The fourth-order valence-electron chi connectivity index (χ4n) is 3.64. The summed E-state index contributed by atoms with van der Waals surface area (Å²) in [5.74, 6) is 0.796. The van der Waals surface area contributed by atoms with Gasteiger partial charge in [-0.3, -0.25) is 9.59 Å². The number of aryl methyl sites for hydroxylation is 1. The van der Waals surface area contributed by atoms with E-state index in [-0.39, 0.29) is 23.6 Å². The average molecular weight is 604 g/mol. The van der Waals surface area contributed by atoms with Crippen LogP contribution in [0.3, 0.4) is 0 Å². The van der Waals surface area contributed by atoms with Gasteiger partial charge in [0, 0.05) is 21.4 Å². The number of rotatable bonds is 10. The highest BCUT2D eigenvalue weighted by molar-refractivity contribution is 14.1. The summed E-state index contributed by atoms with van der Waals surface area (Å²) in [6.45, 7) is 12.3. The van der Waals surface area contributed by atoms with Crippen LogP contribution in [0, 0.1) is 10.5 Å². The first-order valence-electron chi connectivity index (χ1n) is 11.3. The highest BCUT2D eigenvalue weighted by atomic mass is 127. The third-order valence-corrected chi connectivity index (χ3v) is 7.06. The molecule has 184 valence electrons. The average Bonchev–Trinajstić information content (AvgIpc) is 3.22. The predicted octanol–water partition coefficient (Wildman–Crippen LogP) is 5.72. The predicted molar refractivity (Wildman–Crippen MR) is 150 cm³/mol. The summed E-state index contributed by atoms with van der Waals surface area (Å²) in [4.78, 5) is 25.5. The molecule has 3 aromatic rings. The minimum absolute atomic E-state index is 0.117. The molecule has 2 amide bonds. The van der Waals surface area contributed by atoms with Crippen LogP contribution in [0.5, 0.6) is 0 Å². The monoisotopic (exact) mass is 603 g/mol. The van der Waals surface area contributed by atoms with Crippen LogP contribution in [0.25, 0.3) is 0 Å². The second kappa shape index (κ2) is 12.3. The number of nitrogens with one attached hydrogen (secondary N) is 2. The molecule has 0 bridgehead atoms. The van der Waals surface area contributed by atoms with E-state index in [0.29, 0.717) is 29.0 Å². The Balaban J connectivity index is 1.69. The van der Waals surface area contributed by atoms with Gasteiger partial charge in [-0.2, -0.15) is 0 Å². The van der Waals surface area contributed by atoms with Crippen LogP contribution >= 0.6 is 34.4 Å². The molecule has 0 saturated carbocycles. The van der Waals surface area contributed by atoms with Gasteiger partial charge in [0.2, 0.25) is 5.91 Å². The van der Waals surface area contributed by atoms with Gasteiger partial charge in [-0.15, -0.1) is 16.8 Å². The molecule has 2 N–H and O–H groups in total. The molecule has 35 heavy (non-hydrogen) atoms. The van der Waals surface area contributed by atoms with Crippen molar-refractivity contribution in [2.24, 2.45) is 0 Å². The van der Waals surface area contributed by atoms with Crippen LogP contribution in [0.15, 0.2) is 60.3 Å². The highest BCUT2D eigenvalue weighted by Gasteiger charge is 2.21. The first-order chi connectivity index (χ1) is 16.7. The van der Waals surface area contributed by atoms with Crippen LogP contribution < -0.4 is 10.6 Å². The first-order valence-corrected chi connectivity index (χ1v) is 13.4. The number of carbonyl (C=O) groups excluding carboxylic acids is 2. The molecule has 0 aliphatic heterocycles. The number of hydrogen-bond donors (Lipinski definition) is 2. The molecule has 1 atom stereocenters. The van der Waals surface area contributed by atoms with E-state index in [2.05, 4.69) is 69.9 Å². The molecule has 7 nitrogen and oxygen atoms in total. The van der Waals surface area contributed by atoms with Crippen LogP contribution in [0.1, 0.15) is 60.0 Å². The zero-order valence-corrected chi connectivity index (χ0v) is 23.3. The van der Waals surface area contributed by atoms with Crippen molar-refractivity contribution >= 4 is 51.9 Å². The zero-order valence-electron chi connectivity index (χ0n) is 20.3. The number of benzene rings is 2. The molecule has 0 unspecified atom stereocenters. The number of aromatic nitrogens is 3. The van der Waals surface area contributed by atoms with Crippen molar-refractivity contribution in [3.8, 4) is 0 Å². The minimum Gasteiger partial charge on any atom is -0.342 e. The van der Waals surface area contributed by atoms with E-state index in [9.17, 15) is 9.59 Å². The molecule has 1 aromatic heterocycles. The summed E-state index contributed by atoms with van der Waals surface area (Å²) < 4.78 is 3.01. The van der Waals surface area contributed by atoms with E-state index in [0.717, 1.165) is 20.4 Å². The van der Waals surface area contributed by atoms with E-state index in [1.807, 2.05) is 48.7 Å². The van der Waals surface area contributed by atoms with Gasteiger partial charge < -0.3 is 15.2 Å². The Bertz CT molecular complexity index is 1220. The molecular weight excluding hydrogens is 573 g/mol. The smallest absolute Gasteiger partial charge is 0.252 e. The largest absolute Gasteiger partial charge is 0.342 e. The Morgan fingerprint density at radius 2 is 1.91 bits per heavy atom. The molecule has 0 spiro atoms. The normalized spacial score (nSPS) is 11.8. The van der Waals surface area contributed by atoms with Crippen LogP contribution in [-0.2, 0) is 11.3 Å². The number of thioether (sulfide) groups is 1. The second-order valence-corrected chi connectivity index (χ2v) is 10.7. The maximum absolute atomic E-state index is 12.8. The lowest BCUT2D eigenvalue weighted by Crippen LogP contribution is -2.29. The Morgan fingerprint density at radius 1 is 1.17 bits per heavy atom. The molecule has 9 heteroatoms. The van der Waals surface area contributed by atoms with Gasteiger partial charge in [-0.05, 0) is 77.7 Å². The molecular formula is C26H30IN5O2S. The molecule has 0 aliphatic carbocycles. The Hall–Kier alpha value is -2.66. The van der Waals surface area contributed by atoms with Crippen molar-refractivity contribution in [2.75, 3.05) is 11.1 Å². The molecule has 0 saturated heterocycles. The van der Waals surface area contributed by atoms with Gasteiger partial charge in [0.25, 0.3) is 5.91 Å². The first kappa shape index (κ1) is 26.9. The van der Waals surface area contributed by atoms with Crippen LogP contribution in [-0.4, -0.2) is 32.3 Å². The number of hydrogen-bond acceptors (Lipinski definition) is 5.